The van der Waals surface area contributed by atoms with Crippen LogP contribution in [0, 0.1) is 0 Å². The fourth-order valence-corrected chi connectivity index (χ4v) is 1.75. The van der Waals surface area contributed by atoms with Gasteiger partial charge < -0.3 is 9.64 Å². The topological polar surface area (TPSA) is 29.5 Å². The molecule has 0 aliphatic carbocycles. The van der Waals surface area contributed by atoms with Crippen molar-refractivity contribution in [1.29, 1.82) is 0 Å². The van der Waals surface area contributed by atoms with Crippen molar-refractivity contribution in [3.63, 3.8) is 0 Å². The molecule has 17 heavy (non-hydrogen) atoms. The molecule has 0 saturated carbocycles. The molecule has 0 atom stereocenters. The molecule has 3 nitrogen and oxygen atoms in total. The average molecular weight is 243 g/mol. The van der Waals surface area contributed by atoms with E-state index in [1.165, 1.54) is 25.7 Å². The van der Waals surface area contributed by atoms with Gasteiger partial charge in [-0.3, -0.25) is 4.79 Å². The number of amides is 1. The highest BCUT2D eigenvalue weighted by molar-refractivity contribution is 5.77. The van der Waals surface area contributed by atoms with Crippen LogP contribution < -0.4 is 0 Å². The Kier molecular flexibility index (Phi) is 11.5. The minimum atomic E-state index is 0.152. The van der Waals surface area contributed by atoms with Crippen LogP contribution in [0.5, 0.6) is 0 Å². The zero-order chi connectivity index (χ0) is 12.9. The van der Waals surface area contributed by atoms with Crippen LogP contribution in [0.3, 0.4) is 0 Å². The van der Waals surface area contributed by atoms with E-state index in [2.05, 4.69) is 13.8 Å². The third kappa shape index (κ3) is 9.16. The van der Waals surface area contributed by atoms with E-state index >= 15 is 0 Å². The van der Waals surface area contributed by atoms with Gasteiger partial charge in [-0.1, -0.05) is 39.5 Å². The van der Waals surface area contributed by atoms with E-state index in [1.54, 1.807) is 0 Å². The smallest absolute Gasteiger partial charge is 0.248 e. The van der Waals surface area contributed by atoms with Crippen LogP contribution in [0.2, 0.25) is 0 Å². The first-order valence-corrected chi connectivity index (χ1v) is 7.11. The summed E-state index contributed by atoms with van der Waals surface area (Å²) in [5.74, 6) is 0.152. The summed E-state index contributed by atoms with van der Waals surface area (Å²) in [7, 11) is 0. The van der Waals surface area contributed by atoms with E-state index in [-0.39, 0.29) is 12.5 Å². The van der Waals surface area contributed by atoms with Crippen molar-refractivity contribution in [2.75, 3.05) is 26.3 Å². The normalized spacial score (nSPS) is 10.5. The van der Waals surface area contributed by atoms with Gasteiger partial charge in [-0.15, -0.1) is 0 Å². The first-order valence-electron chi connectivity index (χ1n) is 7.11. The molecule has 0 heterocycles. The lowest BCUT2D eigenvalue weighted by atomic mass is 10.2. The van der Waals surface area contributed by atoms with E-state index < -0.39 is 0 Å². The average Bonchev–Trinajstić information content (AvgIpc) is 2.34. The van der Waals surface area contributed by atoms with Gasteiger partial charge >= 0.3 is 0 Å². The van der Waals surface area contributed by atoms with E-state index in [0.29, 0.717) is 6.61 Å². The Bertz CT molecular complexity index is 173. The Labute approximate surface area is 107 Å². The lowest BCUT2D eigenvalue weighted by molar-refractivity contribution is -0.136. The first-order chi connectivity index (χ1) is 8.26. The summed E-state index contributed by atoms with van der Waals surface area (Å²) in [6.07, 6.45) is 7.02. The molecule has 0 aromatic rings. The van der Waals surface area contributed by atoms with Crippen LogP contribution in [-0.2, 0) is 9.53 Å². The molecule has 3 heteroatoms. The van der Waals surface area contributed by atoms with Gasteiger partial charge in [-0.05, 0) is 19.8 Å². The maximum absolute atomic E-state index is 11.9. The van der Waals surface area contributed by atoms with Crippen LogP contribution in [-0.4, -0.2) is 37.1 Å². The van der Waals surface area contributed by atoms with Crippen molar-refractivity contribution < 1.29 is 9.53 Å². The lowest BCUT2D eigenvalue weighted by Crippen LogP contribution is -2.35. The van der Waals surface area contributed by atoms with Crippen LogP contribution in [0.4, 0.5) is 0 Å². The Morgan fingerprint density at radius 3 is 1.88 bits per heavy atom. The van der Waals surface area contributed by atoms with E-state index in [0.717, 1.165) is 25.9 Å². The van der Waals surface area contributed by atoms with Crippen molar-refractivity contribution in [2.45, 2.75) is 59.3 Å². The van der Waals surface area contributed by atoms with Crippen LogP contribution >= 0.6 is 0 Å². The summed E-state index contributed by atoms with van der Waals surface area (Å²) >= 11 is 0. The quantitative estimate of drug-likeness (QED) is 0.521. The second-order valence-electron chi connectivity index (χ2n) is 4.43. The van der Waals surface area contributed by atoms with Gasteiger partial charge in [-0.2, -0.15) is 0 Å². The van der Waals surface area contributed by atoms with Gasteiger partial charge in [0.15, 0.2) is 0 Å². The van der Waals surface area contributed by atoms with Crippen LogP contribution in [0.25, 0.3) is 0 Å². The largest absolute Gasteiger partial charge is 0.372 e. The number of unbranched alkanes of at least 4 members (excludes halogenated alkanes) is 4. The molecule has 0 aromatic carbocycles. The Morgan fingerprint density at radius 2 is 1.47 bits per heavy atom. The maximum atomic E-state index is 11.9. The summed E-state index contributed by atoms with van der Waals surface area (Å²) < 4.78 is 5.20. The first kappa shape index (κ1) is 16.4. The van der Waals surface area contributed by atoms with Gasteiger partial charge in [0.2, 0.25) is 5.91 Å². The van der Waals surface area contributed by atoms with Crippen LogP contribution in [0.1, 0.15) is 59.3 Å². The molecule has 0 radical (unpaired) electrons. The SMILES string of the molecule is CCCCCN(CCCCC)C(=O)COCC. The molecule has 0 spiro atoms. The minimum Gasteiger partial charge on any atom is -0.372 e. The highest BCUT2D eigenvalue weighted by atomic mass is 16.5. The summed E-state index contributed by atoms with van der Waals surface area (Å²) in [5, 5.41) is 0. The number of hydrogen-bond donors (Lipinski definition) is 0. The predicted octanol–water partition coefficient (Wildman–Crippen LogP) is 3.23. The molecule has 1 amide bonds. The molecule has 0 aliphatic heterocycles. The number of carbonyl (C=O) groups is 1. The molecule has 0 rings (SSSR count). The summed E-state index contributed by atoms with van der Waals surface area (Å²) in [6, 6.07) is 0. The van der Waals surface area contributed by atoms with Gasteiger partial charge in [0, 0.05) is 19.7 Å². The Hall–Kier alpha value is -0.570. The van der Waals surface area contributed by atoms with Crippen molar-refractivity contribution in [3.05, 3.63) is 0 Å². The van der Waals surface area contributed by atoms with E-state index in [1.807, 2.05) is 11.8 Å². The number of nitrogens with zero attached hydrogens (tertiary/aromatic N) is 1. The molecule has 0 fully saturated rings. The number of hydrogen-bond acceptors (Lipinski definition) is 2. The highest BCUT2D eigenvalue weighted by Crippen LogP contribution is 2.03. The Balaban J connectivity index is 3.94. The summed E-state index contributed by atoms with van der Waals surface area (Å²) in [6.45, 7) is 8.93. The number of rotatable bonds is 11. The zero-order valence-corrected chi connectivity index (χ0v) is 11.8. The van der Waals surface area contributed by atoms with Gasteiger partial charge in [0.05, 0.1) is 0 Å². The number of ether oxygens (including phenoxy) is 1. The predicted molar refractivity (Wildman–Crippen MR) is 72.1 cm³/mol. The third-order valence-corrected chi connectivity index (χ3v) is 2.85. The van der Waals surface area contributed by atoms with Crippen molar-refractivity contribution in [3.8, 4) is 0 Å². The van der Waals surface area contributed by atoms with Crippen molar-refractivity contribution in [1.82, 2.24) is 4.90 Å². The van der Waals surface area contributed by atoms with E-state index in [9.17, 15) is 4.79 Å². The summed E-state index contributed by atoms with van der Waals surface area (Å²) in [4.78, 5) is 13.9. The lowest BCUT2D eigenvalue weighted by Gasteiger charge is -2.22. The van der Waals surface area contributed by atoms with E-state index in [4.69, 9.17) is 4.74 Å². The fraction of sp³-hybridized carbons (Fsp3) is 0.929. The zero-order valence-electron chi connectivity index (χ0n) is 11.8. The fourth-order valence-electron chi connectivity index (χ4n) is 1.75. The minimum absolute atomic E-state index is 0.152. The molecule has 0 aromatic heterocycles. The van der Waals surface area contributed by atoms with Crippen molar-refractivity contribution >= 4 is 5.91 Å². The monoisotopic (exact) mass is 243 g/mol. The van der Waals surface area contributed by atoms with Crippen LogP contribution in [0.15, 0.2) is 0 Å². The molecule has 0 N–H and O–H groups in total. The second-order valence-corrected chi connectivity index (χ2v) is 4.43. The molecule has 0 unspecified atom stereocenters. The molecular formula is C14H29NO2. The Morgan fingerprint density at radius 1 is 0.941 bits per heavy atom. The maximum Gasteiger partial charge on any atom is 0.248 e. The van der Waals surface area contributed by atoms with Gasteiger partial charge in [-0.25, -0.2) is 0 Å². The second kappa shape index (κ2) is 11.9. The molecular weight excluding hydrogens is 214 g/mol. The molecule has 0 saturated heterocycles. The molecule has 0 bridgehead atoms. The van der Waals surface area contributed by atoms with Gasteiger partial charge in [0.1, 0.15) is 6.61 Å². The molecule has 102 valence electrons. The van der Waals surface area contributed by atoms with Crippen molar-refractivity contribution in [2.24, 2.45) is 0 Å². The highest BCUT2D eigenvalue weighted by Gasteiger charge is 2.12. The van der Waals surface area contributed by atoms with Gasteiger partial charge in [0.25, 0.3) is 0 Å². The third-order valence-electron chi connectivity index (χ3n) is 2.85. The summed E-state index contributed by atoms with van der Waals surface area (Å²) in [5.41, 5.74) is 0. The number of carbonyl (C=O) groups excluding carboxylic acids is 1. The molecule has 0 aliphatic rings. The standard InChI is InChI=1S/C14H29NO2/c1-4-7-9-11-15(12-10-8-5-2)14(16)13-17-6-3/h4-13H2,1-3H3.